The van der Waals surface area contributed by atoms with E-state index in [-0.39, 0.29) is 11.9 Å². The molecule has 0 aromatic heterocycles. The van der Waals surface area contributed by atoms with Crippen LogP contribution in [-0.2, 0) is 11.3 Å². The van der Waals surface area contributed by atoms with Gasteiger partial charge in [0.2, 0.25) is 5.91 Å². The number of benzene rings is 1. The highest BCUT2D eigenvalue weighted by Crippen LogP contribution is 2.24. The van der Waals surface area contributed by atoms with E-state index in [0.717, 1.165) is 12.0 Å². The first kappa shape index (κ1) is 15.8. The van der Waals surface area contributed by atoms with Gasteiger partial charge in [0.1, 0.15) is 5.75 Å². The van der Waals surface area contributed by atoms with Crippen molar-refractivity contribution in [2.24, 2.45) is 0 Å². The van der Waals surface area contributed by atoms with Crippen LogP contribution in [0.4, 0.5) is 0 Å². The van der Waals surface area contributed by atoms with E-state index in [2.05, 4.69) is 10.6 Å². The van der Waals surface area contributed by atoms with Crippen molar-refractivity contribution in [3.05, 3.63) is 28.8 Å². The Morgan fingerprint density at radius 3 is 2.79 bits per heavy atom. The van der Waals surface area contributed by atoms with E-state index in [9.17, 15) is 4.79 Å². The maximum atomic E-state index is 11.7. The van der Waals surface area contributed by atoms with Crippen molar-refractivity contribution in [2.45, 2.75) is 32.9 Å². The summed E-state index contributed by atoms with van der Waals surface area (Å²) in [6, 6.07) is 5.35. The average molecular weight is 285 g/mol. The molecule has 0 saturated heterocycles. The van der Waals surface area contributed by atoms with E-state index in [1.807, 2.05) is 32.0 Å². The lowest BCUT2D eigenvalue weighted by molar-refractivity contribution is -0.122. The first-order chi connectivity index (χ1) is 9.08. The summed E-state index contributed by atoms with van der Waals surface area (Å²) >= 11 is 6.04. The number of carbonyl (C=O) groups is 1. The number of methoxy groups -OCH3 is 1. The molecule has 1 rings (SSSR count). The van der Waals surface area contributed by atoms with Crippen molar-refractivity contribution in [3.8, 4) is 5.75 Å². The molecule has 0 saturated carbocycles. The van der Waals surface area contributed by atoms with Gasteiger partial charge in [-0.1, -0.05) is 24.6 Å². The van der Waals surface area contributed by atoms with Crippen molar-refractivity contribution in [3.63, 3.8) is 0 Å². The van der Waals surface area contributed by atoms with Gasteiger partial charge >= 0.3 is 0 Å². The molecular formula is C14H21ClN2O2. The van der Waals surface area contributed by atoms with E-state index < -0.39 is 0 Å². The van der Waals surface area contributed by atoms with Crippen LogP contribution in [0.15, 0.2) is 18.2 Å². The minimum Gasteiger partial charge on any atom is -0.495 e. The van der Waals surface area contributed by atoms with Crippen LogP contribution >= 0.6 is 11.6 Å². The summed E-state index contributed by atoms with van der Waals surface area (Å²) in [5, 5.41) is 6.59. The van der Waals surface area contributed by atoms with E-state index in [0.29, 0.717) is 23.9 Å². The molecule has 4 nitrogen and oxygen atoms in total. The summed E-state index contributed by atoms with van der Waals surface area (Å²) in [5.41, 5.74) is 1.01. The number of nitrogens with one attached hydrogen (secondary N) is 2. The molecule has 0 fully saturated rings. The highest BCUT2D eigenvalue weighted by molar-refractivity contribution is 6.32. The Balaban J connectivity index is 2.48. The van der Waals surface area contributed by atoms with Crippen LogP contribution in [0.2, 0.25) is 5.02 Å². The number of hydrogen-bond donors (Lipinski definition) is 2. The Labute approximate surface area is 119 Å². The van der Waals surface area contributed by atoms with Gasteiger partial charge < -0.3 is 15.4 Å². The number of amides is 1. The largest absolute Gasteiger partial charge is 0.495 e. The zero-order valence-corrected chi connectivity index (χ0v) is 12.4. The van der Waals surface area contributed by atoms with Crippen LogP contribution in [0.3, 0.4) is 0 Å². The lowest BCUT2D eigenvalue weighted by atomic mass is 10.2. The third kappa shape index (κ3) is 5.09. The molecule has 0 spiro atoms. The maximum absolute atomic E-state index is 11.7. The number of ether oxygens (including phenoxy) is 1. The van der Waals surface area contributed by atoms with Gasteiger partial charge in [-0.05, 0) is 31.0 Å². The summed E-state index contributed by atoms with van der Waals surface area (Å²) in [5.74, 6) is 0.667. The van der Waals surface area contributed by atoms with Gasteiger partial charge in [-0.2, -0.15) is 0 Å². The van der Waals surface area contributed by atoms with Crippen molar-refractivity contribution < 1.29 is 9.53 Å². The van der Waals surface area contributed by atoms with Gasteiger partial charge in [0, 0.05) is 13.1 Å². The highest BCUT2D eigenvalue weighted by Gasteiger charge is 2.11. The zero-order valence-electron chi connectivity index (χ0n) is 11.6. The van der Waals surface area contributed by atoms with Crippen LogP contribution < -0.4 is 15.4 Å². The molecule has 1 atom stereocenters. The van der Waals surface area contributed by atoms with Gasteiger partial charge in [0.15, 0.2) is 0 Å². The van der Waals surface area contributed by atoms with E-state index in [4.69, 9.17) is 16.3 Å². The van der Waals surface area contributed by atoms with E-state index in [1.54, 1.807) is 7.11 Å². The third-order valence-corrected chi connectivity index (χ3v) is 3.07. The number of carbonyl (C=O) groups excluding carboxylic acids is 1. The Hall–Kier alpha value is -1.26. The Morgan fingerprint density at radius 1 is 1.47 bits per heavy atom. The predicted octanol–water partition coefficient (Wildman–Crippen LogP) is 2.35. The average Bonchev–Trinajstić information content (AvgIpc) is 2.42. The molecule has 106 valence electrons. The molecule has 0 radical (unpaired) electrons. The molecule has 1 amide bonds. The second-order valence-corrected chi connectivity index (χ2v) is 4.77. The standard InChI is InChI=1S/C14H21ClN2O2/c1-4-7-16-14(18)10(2)17-9-11-5-6-13(19-3)12(15)8-11/h5-6,8,10,17H,4,7,9H2,1-3H3,(H,16,18). The van der Waals surface area contributed by atoms with Crippen LogP contribution in [0, 0.1) is 0 Å². The zero-order chi connectivity index (χ0) is 14.3. The maximum Gasteiger partial charge on any atom is 0.236 e. The summed E-state index contributed by atoms with van der Waals surface area (Å²) in [7, 11) is 1.58. The summed E-state index contributed by atoms with van der Waals surface area (Å²) in [6.45, 7) is 5.16. The first-order valence-corrected chi connectivity index (χ1v) is 6.79. The lowest BCUT2D eigenvalue weighted by Crippen LogP contribution is -2.42. The second kappa shape index (κ2) is 8.02. The second-order valence-electron chi connectivity index (χ2n) is 4.36. The van der Waals surface area contributed by atoms with Gasteiger partial charge in [0.05, 0.1) is 18.2 Å². The topological polar surface area (TPSA) is 50.4 Å². The van der Waals surface area contributed by atoms with Crippen LogP contribution in [0.5, 0.6) is 5.75 Å². The molecule has 0 aliphatic heterocycles. The smallest absolute Gasteiger partial charge is 0.236 e. The fourth-order valence-corrected chi connectivity index (χ4v) is 1.87. The van der Waals surface area contributed by atoms with Crippen LogP contribution in [-0.4, -0.2) is 25.6 Å². The Bertz CT molecular complexity index is 424. The minimum absolute atomic E-state index is 0.0152. The van der Waals surface area contributed by atoms with E-state index >= 15 is 0 Å². The fourth-order valence-electron chi connectivity index (χ4n) is 1.58. The molecule has 0 aliphatic carbocycles. The first-order valence-electron chi connectivity index (χ1n) is 6.42. The molecule has 2 N–H and O–H groups in total. The lowest BCUT2D eigenvalue weighted by Gasteiger charge is -2.14. The fraction of sp³-hybridized carbons (Fsp3) is 0.500. The summed E-state index contributed by atoms with van der Waals surface area (Å²) in [4.78, 5) is 11.7. The molecule has 0 aliphatic rings. The third-order valence-electron chi connectivity index (χ3n) is 2.77. The van der Waals surface area contributed by atoms with Crippen molar-refractivity contribution in [1.29, 1.82) is 0 Å². The van der Waals surface area contributed by atoms with Gasteiger partial charge in [-0.15, -0.1) is 0 Å². The molecule has 1 unspecified atom stereocenters. The summed E-state index contributed by atoms with van der Waals surface area (Å²) < 4.78 is 5.09. The van der Waals surface area contributed by atoms with Crippen molar-refractivity contribution >= 4 is 17.5 Å². The quantitative estimate of drug-likeness (QED) is 0.808. The Kier molecular flexibility index (Phi) is 6.67. The van der Waals surface area contributed by atoms with Crippen molar-refractivity contribution in [1.82, 2.24) is 10.6 Å². The van der Waals surface area contributed by atoms with Crippen LogP contribution in [0.1, 0.15) is 25.8 Å². The van der Waals surface area contributed by atoms with Crippen molar-refractivity contribution in [2.75, 3.05) is 13.7 Å². The number of halogens is 1. The van der Waals surface area contributed by atoms with Gasteiger partial charge in [-0.25, -0.2) is 0 Å². The molecule has 1 aromatic rings. The molecule has 0 bridgehead atoms. The molecule has 1 aromatic carbocycles. The number of hydrogen-bond acceptors (Lipinski definition) is 3. The molecule has 19 heavy (non-hydrogen) atoms. The SMILES string of the molecule is CCCNC(=O)C(C)NCc1ccc(OC)c(Cl)c1. The normalized spacial score (nSPS) is 12.0. The summed E-state index contributed by atoms with van der Waals surface area (Å²) in [6.07, 6.45) is 0.937. The minimum atomic E-state index is -0.229. The van der Waals surface area contributed by atoms with E-state index in [1.165, 1.54) is 0 Å². The molecule has 0 heterocycles. The van der Waals surface area contributed by atoms with Gasteiger partial charge in [0.25, 0.3) is 0 Å². The molecular weight excluding hydrogens is 264 g/mol. The highest BCUT2D eigenvalue weighted by atomic mass is 35.5. The predicted molar refractivity (Wildman–Crippen MR) is 77.6 cm³/mol. The van der Waals surface area contributed by atoms with Crippen LogP contribution in [0.25, 0.3) is 0 Å². The molecule has 5 heteroatoms. The van der Waals surface area contributed by atoms with Gasteiger partial charge in [-0.3, -0.25) is 4.79 Å². The monoisotopic (exact) mass is 284 g/mol. The Morgan fingerprint density at radius 2 is 2.21 bits per heavy atom. The number of rotatable bonds is 7.